The van der Waals surface area contributed by atoms with Crippen LogP contribution in [0.2, 0.25) is 0 Å². The fourth-order valence-corrected chi connectivity index (χ4v) is 1.27. The molecule has 0 aliphatic rings. The Hall–Kier alpha value is -1.95. The molecular weight excluding hydrogens is 219 g/mol. The third-order valence-corrected chi connectivity index (χ3v) is 2.06. The van der Waals surface area contributed by atoms with E-state index in [1.54, 1.807) is 0 Å². The van der Waals surface area contributed by atoms with Crippen molar-refractivity contribution in [1.29, 1.82) is 0 Å². The van der Waals surface area contributed by atoms with Gasteiger partial charge in [-0.15, -0.1) is 0 Å². The minimum absolute atomic E-state index is 0.303. The quantitative estimate of drug-likeness (QED) is 0.700. The topological polar surface area (TPSA) is 94.8 Å². The van der Waals surface area contributed by atoms with Crippen LogP contribution in [0.5, 0.6) is 0 Å². The maximum Gasteiger partial charge on any atom is 0.341 e. The Morgan fingerprint density at radius 3 is 2.38 bits per heavy atom. The summed E-state index contributed by atoms with van der Waals surface area (Å²) in [4.78, 5) is 21.3. The second kappa shape index (κ2) is 4.28. The molecule has 0 spiro atoms. The number of benzene rings is 1. The monoisotopic (exact) mass is 228 g/mol. The molecule has 5 nitrogen and oxygen atoms in total. The average Bonchev–Trinajstić information content (AvgIpc) is 2.16. The fourth-order valence-electron chi connectivity index (χ4n) is 1.27. The Kier molecular flexibility index (Phi) is 3.24. The number of halogens is 1. The summed E-state index contributed by atoms with van der Waals surface area (Å²) in [5.41, 5.74) is -2.92. The first-order valence-electron chi connectivity index (χ1n) is 4.30. The first-order valence-corrected chi connectivity index (χ1v) is 4.30. The van der Waals surface area contributed by atoms with Crippen LogP contribution in [0.15, 0.2) is 24.3 Å². The van der Waals surface area contributed by atoms with E-state index in [2.05, 4.69) is 0 Å². The summed E-state index contributed by atoms with van der Waals surface area (Å²) in [5, 5.41) is 27.0. The van der Waals surface area contributed by atoms with Crippen molar-refractivity contribution in [2.45, 2.75) is 12.0 Å². The molecule has 1 atom stereocenters. The first-order chi connectivity index (χ1) is 7.36. The van der Waals surface area contributed by atoms with Gasteiger partial charge in [0.2, 0.25) is 0 Å². The van der Waals surface area contributed by atoms with Crippen LogP contribution >= 0.6 is 0 Å². The van der Waals surface area contributed by atoms with Crippen molar-refractivity contribution < 1.29 is 29.3 Å². The normalized spacial score (nSPS) is 14.1. The number of carboxylic acid groups (broad SMARTS) is 2. The fraction of sp³-hybridized carbons (Fsp3) is 0.200. The molecule has 1 rings (SSSR count). The summed E-state index contributed by atoms with van der Waals surface area (Å²) >= 11 is 0. The first kappa shape index (κ1) is 12.1. The van der Waals surface area contributed by atoms with Crippen LogP contribution in [0.3, 0.4) is 0 Å². The van der Waals surface area contributed by atoms with E-state index in [4.69, 9.17) is 10.2 Å². The number of carboxylic acids is 2. The van der Waals surface area contributed by atoms with Crippen molar-refractivity contribution in [1.82, 2.24) is 0 Å². The van der Waals surface area contributed by atoms with E-state index < -0.39 is 29.8 Å². The van der Waals surface area contributed by atoms with Crippen LogP contribution in [-0.2, 0) is 15.2 Å². The molecule has 1 aromatic rings. The van der Waals surface area contributed by atoms with E-state index in [0.717, 1.165) is 18.2 Å². The third-order valence-electron chi connectivity index (χ3n) is 2.06. The molecule has 0 saturated heterocycles. The van der Waals surface area contributed by atoms with E-state index in [9.17, 15) is 19.1 Å². The highest BCUT2D eigenvalue weighted by atomic mass is 19.1. The second-order valence-corrected chi connectivity index (χ2v) is 3.25. The summed E-state index contributed by atoms with van der Waals surface area (Å²) in [6, 6.07) is 4.20. The summed E-state index contributed by atoms with van der Waals surface area (Å²) < 4.78 is 12.8. The zero-order valence-corrected chi connectivity index (χ0v) is 8.05. The number of rotatable bonds is 4. The molecule has 0 bridgehead atoms. The summed E-state index contributed by atoms with van der Waals surface area (Å²) in [6.45, 7) is 0. The number of carbonyl (C=O) groups is 2. The molecule has 0 aliphatic carbocycles. The second-order valence-electron chi connectivity index (χ2n) is 3.25. The van der Waals surface area contributed by atoms with E-state index in [0.29, 0.717) is 0 Å². The highest BCUT2D eigenvalue weighted by molar-refractivity contribution is 5.85. The Morgan fingerprint density at radius 2 is 1.94 bits per heavy atom. The molecule has 0 aromatic heterocycles. The van der Waals surface area contributed by atoms with Crippen molar-refractivity contribution in [3.63, 3.8) is 0 Å². The predicted molar refractivity (Wildman–Crippen MR) is 50.2 cm³/mol. The minimum atomic E-state index is -2.62. The van der Waals surface area contributed by atoms with Gasteiger partial charge in [0.15, 0.2) is 5.60 Å². The predicted octanol–water partition coefficient (Wildman–Crippen LogP) is 0.573. The summed E-state index contributed by atoms with van der Waals surface area (Å²) in [6.07, 6.45) is -1.04. The lowest BCUT2D eigenvalue weighted by molar-refractivity contribution is -0.166. The van der Waals surface area contributed by atoms with Gasteiger partial charge in [-0.2, -0.15) is 0 Å². The van der Waals surface area contributed by atoms with Crippen LogP contribution in [0.25, 0.3) is 0 Å². The number of hydrogen-bond acceptors (Lipinski definition) is 3. The van der Waals surface area contributed by atoms with Crippen LogP contribution < -0.4 is 0 Å². The van der Waals surface area contributed by atoms with Gasteiger partial charge in [0.25, 0.3) is 0 Å². The van der Waals surface area contributed by atoms with E-state index >= 15 is 0 Å². The minimum Gasteiger partial charge on any atom is -0.481 e. The Bertz CT molecular complexity index is 431. The summed E-state index contributed by atoms with van der Waals surface area (Å²) in [5.74, 6) is -3.97. The zero-order valence-electron chi connectivity index (χ0n) is 8.05. The molecule has 16 heavy (non-hydrogen) atoms. The molecule has 1 unspecified atom stereocenters. The lowest BCUT2D eigenvalue weighted by Gasteiger charge is -2.21. The molecule has 0 heterocycles. The standard InChI is InChI=1S/C10H9FO5/c11-7-3-1-2-6(4-7)10(16,9(14)15)5-8(12)13/h1-4,16H,5H2,(H,12,13)(H,14,15). The molecule has 0 saturated carbocycles. The third kappa shape index (κ3) is 2.34. The van der Waals surface area contributed by atoms with Crippen LogP contribution in [-0.4, -0.2) is 27.3 Å². The average molecular weight is 228 g/mol. The van der Waals surface area contributed by atoms with Crippen molar-refractivity contribution >= 4 is 11.9 Å². The lowest BCUT2D eigenvalue weighted by Crippen LogP contribution is -2.38. The van der Waals surface area contributed by atoms with Crippen molar-refractivity contribution in [3.8, 4) is 0 Å². The maximum absolute atomic E-state index is 12.8. The molecule has 0 radical (unpaired) electrons. The number of hydrogen-bond donors (Lipinski definition) is 3. The van der Waals surface area contributed by atoms with E-state index in [1.807, 2.05) is 0 Å². The highest BCUT2D eigenvalue weighted by Crippen LogP contribution is 2.26. The van der Waals surface area contributed by atoms with Crippen molar-refractivity contribution in [2.24, 2.45) is 0 Å². The molecule has 0 amide bonds. The summed E-state index contributed by atoms with van der Waals surface area (Å²) in [7, 11) is 0. The molecule has 0 fully saturated rings. The molecule has 3 N–H and O–H groups in total. The van der Waals surface area contributed by atoms with Gasteiger partial charge in [-0.05, 0) is 17.7 Å². The van der Waals surface area contributed by atoms with Gasteiger partial charge in [0.05, 0.1) is 6.42 Å². The number of aliphatic hydroxyl groups is 1. The number of aliphatic carboxylic acids is 2. The Balaban J connectivity index is 3.21. The molecule has 86 valence electrons. The van der Waals surface area contributed by atoms with Gasteiger partial charge in [-0.3, -0.25) is 4.79 Å². The van der Waals surface area contributed by atoms with Crippen molar-refractivity contribution in [2.75, 3.05) is 0 Å². The molecule has 0 aliphatic heterocycles. The largest absolute Gasteiger partial charge is 0.481 e. The molecule has 1 aromatic carbocycles. The van der Waals surface area contributed by atoms with Gasteiger partial charge in [-0.25, -0.2) is 9.18 Å². The Labute approximate surface area is 89.8 Å². The van der Waals surface area contributed by atoms with Crippen molar-refractivity contribution in [3.05, 3.63) is 35.6 Å². The lowest BCUT2D eigenvalue weighted by atomic mass is 9.90. The smallest absolute Gasteiger partial charge is 0.341 e. The van der Waals surface area contributed by atoms with Crippen LogP contribution in [0.1, 0.15) is 12.0 Å². The van der Waals surface area contributed by atoms with E-state index in [-0.39, 0.29) is 5.56 Å². The van der Waals surface area contributed by atoms with Gasteiger partial charge < -0.3 is 15.3 Å². The van der Waals surface area contributed by atoms with Gasteiger partial charge in [0, 0.05) is 0 Å². The van der Waals surface area contributed by atoms with E-state index in [1.165, 1.54) is 6.07 Å². The SMILES string of the molecule is O=C(O)CC(O)(C(=O)O)c1cccc(F)c1. The molecular formula is C10H9FO5. The maximum atomic E-state index is 12.8. The van der Waals surface area contributed by atoms with Gasteiger partial charge >= 0.3 is 11.9 Å². The highest BCUT2D eigenvalue weighted by Gasteiger charge is 2.40. The van der Waals surface area contributed by atoms with Gasteiger partial charge in [-0.1, -0.05) is 12.1 Å². The molecule has 6 heteroatoms. The van der Waals surface area contributed by atoms with Gasteiger partial charge in [0.1, 0.15) is 5.82 Å². The van der Waals surface area contributed by atoms with Crippen LogP contribution in [0.4, 0.5) is 4.39 Å². The Morgan fingerprint density at radius 1 is 1.31 bits per heavy atom. The zero-order chi connectivity index (χ0) is 12.3. The van der Waals surface area contributed by atoms with Crippen LogP contribution in [0, 0.1) is 5.82 Å².